The minimum atomic E-state index is -0.403. The fourth-order valence-electron chi connectivity index (χ4n) is 2.41. The van der Waals surface area contributed by atoms with Gasteiger partial charge in [-0.15, -0.1) is 0 Å². The van der Waals surface area contributed by atoms with Gasteiger partial charge in [0.15, 0.2) is 11.5 Å². The van der Waals surface area contributed by atoms with Crippen LogP contribution in [0.25, 0.3) is 11.0 Å². The van der Waals surface area contributed by atoms with Crippen LogP contribution in [0.5, 0.6) is 0 Å². The standard InChI is InChI=1S/C15H19N7O3/c1-8(2)12(15-19-9(3)21-25-15)20-13-10-5-18-22(6-11(23)24-4)14(10)17-7-16-13/h5,7-8,12H,6H2,1-4H3,(H,16,17,20)/t12-/m0/s1. The average molecular weight is 345 g/mol. The lowest BCUT2D eigenvalue weighted by Gasteiger charge is -2.19. The van der Waals surface area contributed by atoms with Gasteiger partial charge in [-0.25, -0.2) is 14.6 Å². The van der Waals surface area contributed by atoms with Crippen LogP contribution < -0.4 is 5.32 Å². The molecule has 132 valence electrons. The summed E-state index contributed by atoms with van der Waals surface area (Å²) in [5.41, 5.74) is 0.534. The van der Waals surface area contributed by atoms with Crippen molar-refractivity contribution in [3.8, 4) is 0 Å². The first-order valence-electron chi connectivity index (χ1n) is 7.79. The molecule has 0 unspecified atom stereocenters. The third-order valence-electron chi connectivity index (χ3n) is 3.71. The third kappa shape index (κ3) is 3.42. The third-order valence-corrected chi connectivity index (χ3v) is 3.71. The van der Waals surface area contributed by atoms with Crippen LogP contribution in [-0.4, -0.2) is 43.0 Å². The molecule has 0 saturated heterocycles. The largest absolute Gasteiger partial charge is 0.468 e. The van der Waals surface area contributed by atoms with Crippen molar-refractivity contribution in [2.24, 2.45) is 5.92 Å². The summed E-state index contributed by atoms with van der Waals surface area (Å²) >= 11 is 0. The Labute approximate surface area is 143 Å². The number of aryl methyl sites for hydroxylation is 1. The lowest BCUT2D eigenvalue weighted by Crippen LogP contribution is -2.18. The molecule has 0 aliphatic heterocycles. The summed E-state index contributed by atoms with van der Waals surface area (Å²) in [5, 5.41) is 12.0. The predicted octanol–water partition coefficient (Wildman–Crippen LogP) is 1.50. The Morgan fingerprint density at radius 2 is 2.20 bits per heavy atom. The molecule has 0 bridgehead atoms. The minimum Gasteiger partial charge on any atom is -0.468 e. The minimum absolute atomic E-state index is 0.0209. The second kappa shape index (κ2) is 6.83. The SMILES string of the molecule is COC(=O)Cn1ncc2c(N[C@H](c3nc(C)no3)C(C)C)ncnc21. The summed E-state index contributed by atoms with van der Waals surface area (Å²) in [5.74, 6) is 1.41. The summed E-state index contributed by atoms with van der Waals surface area (Å²) in [6.07, 6.45) is 3.02. The molecule has 0 aliphatic rings. The van der Waals surface area contributed by atoms with Crippen molar-refractivity contribution in [2.75, 3.05) is 12.4 Å². The van der Waals surface area contributed by atoms with Crippen LogP contribution in [-0.2, 0) is 16.1 Å². The van der Waals surface area contributed by atoms with Crippen molar-refractivity contribution in [3.63, 3.8) is 0 Å². The topological polar surface area (TPSA) is 121 Å². The van der Waals surface area contributed by atoms with E-state index in [1.54, 1.807) is 13.1 Å². The van der Waals surface area contributed by atoms with E-state index < -0.39 is 5.97 Å². The van der Waals surface area contributed by atoms with E-state index in [9.17, 15) is 4.79 Å². The Kier molecular flexibility index (Phi) is 4.59. The molecule has 1 N–H and O–H groups in total. The summed E-state index contributed by atoms with van der Waals surface area (Å²) in [7, 11) is 1.33. The van der Waals surface area contributed by atoms with E-state index >= 15 is 0 Å². The quantitative estimate of drug-likeness (QED) is 0.662. The van der Waals surface area contributed by atoms with Crippen LogP contribution in [0.3, 0.4) is 0 Å². The summed E-state index contributed by atoms with van der Waals surface area (Å²) in [6.45, 7) is 5.82. The van der Waals surface area contributed by atoms with Gasteiger partial charge in [-0.05, 0) is 12.8 Å². The fourth-order valence-corrected chi connectivity index (χ4v) is 2.41. The van der Waals surface area contributed by atoms with Gasteiger partial charge in [0.2, 0.25) is 5.89 Å². The number of rotatable bonds is 6. The molecule has 10 heteroatoms. The van der Waals surface area contributed by atoms with Crippen molar-refractivity contribution in [1.29, 1.82) is 0 Å². The highest BCUT2D eigenvalue weighted by atomic mass is 16.5. The van der Waals surface area contributed by atoms with E-state index in [-0.39, 0.29) is 18.5 Å². The van der Waals surface area contributed by atoms with Crippen LogP contribution in [0.15, 0.2) is 17.0 Å². The number of anilines is 1. The second-order valence-corrected chi connectivity index (χ2v) is 5.88. The molecular weight excluding hydrogens is 326 g/mol. The van der Waals surface area contributed by atoms with E-state index in [1.165, 1.54) is 18.1 Å². The van der Waals surface area contributed by atoms with Gasteiger partial charge >= 0.3 is 5.97 Å². The molecule has 0 aliphatic carbocycles. The molecular formula is C15H19N7O3. The van der Waals surface area contributed by atoms with Crippen molar-refractivity contribution in [1.82, 2.24) is 29.9 Å². The van der Waals surface area contributed by atoms with Crippen LogP contribution in [0.1, 0.15) is 31.6 Å². The van der Waals surface area contributed by atoms with Gasteiger partial charge in [-0.3, -0.25) is 4.79 Å². The zero-order valence-electron chi connectivity index (χ0n) is 14.4. The van der Waals surface area contributed by atoms with Gasteiger partial charge in [0, 0.05) is 0 Å². The molecule has 10 nitrogen and oxygen atoms in total. The van der Waals surface area contributed by atoms with Crippen molar-refractivity contribution >= 4 is 22.8 Å². The highest BCUT2D eigenvalue weighted by Gasteiger charge is 2.24. The molecule has 0 aromatic carbocycles. The molecule has 3 heterocycles. The van der Waals surface area contributed by atoms with Gasteiger partial charge in [0.05, 0.1) is 18.7 Å². The number of aromatic nitrogens is 6. The first-order chi connectivity index (χ1) is 12.0. The van der Waals surface area contributed by atoms with E-state index in [0.29, 0.717) is 28.6 Å². The molecule has 3 aromatic heterocycles. The number of carbonyl (C=O) groups excluding carboxylic acids is 1. The lowest BCUT2D eigenvalue weighted by molar-refractivity contribution is -0.141. The van der Waals surface area contributed by atoms with Gasteiger partial charge in [0.25, 0.3) is 0 Å². The van der Waals surface area contributed by atoms with E-state index in [1.807, 2.05) is 13.8 Å². The van der Waals surface area contributed by atoms with Gasteiger partial charge in [0.1, 0.15) is 24.7 Å². The van der Waals surface area contributed by atoms with Crippen molar-refractivity contribution < 1.29 is 14.1 Å². The molecule has 0 fully saturated rings. The molecule has 3 rings (SSSR count). The van der Waals surface area contributed by atoms with Crippen LogP contribution in [0, 0.1) is 12.8 Å². The monoisotopic (exact) mass is 345 g/mol. The normalized spacial score (nSPS) is 12.5. The first-order valence-corrected chi connectivity index (χ1v) is 7.79. The first kappa shape index (κ1) is 16.8. The van der Waals surface area contributed by atoms with Gasteiger partial charge in [-0.1, -0.05) is 19.0 Å². The number of esters is 1. The Morgan fingerprint density at radius 1 is 1.40 bits per heavy atom. The summed E-state index contributed by atoms with van der Waals surface area (Å²) in [4.78, 5) is 24.3. The number of carbonyl (C=O) groups is 1. The highest BCUT2D eigenvalue weighted by molar-refractivity contribution is 5.87. The number of fused-ring (bicyclic) bond motifs is 1. The van der Waals surface area contributed by atoms with Gasteiger partial charge in [-0.2, -0.15) is 10.1 Å². The van der Waals surface area contributed by atoms with E-state index in [2.05, 4.69) is 35.3 Å². The van der Waals surface area contributed by atoms with Crippen molar-refractivity contribution in [3.05, 3.63) is 24.2 Å². The zero-order chi connectivity index (χ0) is 18.0. The van der Waals surface area contributed by atoms with Gasteiger partial charge < -0.3 is 14.6 Å². The summed E-state index contributed by atoms with van der Waals surface area (Å²) < 4.78 is 11.4. The Bertz CT molecular complexity index is 886. The number of nitrogens with one attached hydrogen (secondary N) is 1. The molecule has 0 radical (unpaired) electrons. The van der Waals surface area contributed by atoms with E-state index in [0.717, 1.165) is 0 Å². The molecule has 0 saturated carbocycles. The summed E-state index contributed by atoms with van der Waals surface area (Å²) in [6, 6.07) is -0.219. The predicted molar refractivity (Wildman–Crippen MR) is 87.6 cm³/mol. The Balaban J connectivity index is 1.94. The maximum Gasteiger partial charge on any atom is 0.327 e. The average Bonchev–Trinajstić information content (AvgIpc) is 3.19. The lowest BCUT2D eigenvalue weighted by atomic mass is 10.0. The maximum atomic E-state index is 11.5. The number of nitrogens with zero attached hydrogens (tertiary/aromatic N) is 6. The fraction of sp³-hybridized carbons (Fsp3) is 0.467. The molecule has 0 amide bonds. The van der Waals surface area contributed by atoms with Crippen LogP contribution in [0.2, 0.25) is 0 Å². The number of hydrogen-bond acceptors (Lipinski definition) is 9. The molecule has 25 heavy (non-hydrogen) atoms. The number of ether oxygens (including phenoxy) is 1. The molecule has 1 atom stereocenters. The molecule has 3 aromatic rings. The smallest absolute Gasteiger partial charge is 0.327 e. The molecule has 0 spiro atoms. The highest BCUT2D eigenvalue weighted by Crippen LogP contribution is 2.27. The number of hydrogen-bond donors (Lipinski definition) is 1. The second-order valence-electron chi connectivity index (χ2n) is 5.88. The van der Waals surface area contributed by atoms with Crippen LogP contribution in [0.4, 0.5) is 5.82 Å². The van der Waals surface area contributed by atoms with E-state index in [4.69, 9.17) is 4.52 Å². The van der Waals surface area contributed by atoms with Crippen LogP contribution >= 0.6 is 0 Å². The number of methoxy groups -OCH3 is 1. The Morgan fingerprint density at radius 3 is 2.84 bits per heavy atom. The van der Waals surface area contributed by atoms with Crippen molar-refractivity contribution in [2.45, 2.75) is 33.4 Å². The maximum absolute atomic E-state index is 11.5. The zero-order valence-corrected chi connectivity index (χ0v) is 14.4. The Hall–Kier alpha value is -3.04.